The molecule has 7 nitrogen and oxygen atoms in total. The third-order valence-electron chi connectivity index (χ3n) is 5.61. The maximum atomic E-state index is 12.6. The highest BCUT2D eigenvalue weighted by molar-refractivity contribution is 7.14. The molecule has 2 aromatic heterocycles. The number of carbonyl (C=O) groups excluding carboxylic acids is 3. The van der Waals surface area contributed by atoms with E-state index < -0.39 is 5.91 Å². The molecule has 0 spiro atoms. The number of aromatic nitrogens is 1. The van der Waals surface area contributed by atoms with Gasteiger partial charge in [-0.25, -0.2) is 4.98 Å². The highest BCUT2D eigenvalue weighted by atomic mass is 32.1. The normalized spacial score (nSPS) is 28.3. The number of nitrogens with one attached hydrogen (secondary N) is 1. The number of carbonyl (C=O) groups is 3. The van der Waals surface area contributed by atoms with Gasteiger partial charge < -0.3 is 9.73 Å². The van der Waals surface area contributed by atoms with Crippen LogP contribution in [-0.2, 0) is 14.4 Å². The van der Waals surface area contributed by atoms with Gasteiger partial charge in [0.15, 0.2) is 10.9 Å². The molecule has 27 heavy (non-hydrogen) atoms. The molecule has 0 unspecified atom stereocenters. The third kappa shape index (κ3) is 2.55. The molecular weight excluding hydrogens is 366 g/mol. The van der Waals surface area contributed by atoms with Gasteiger partial charge in [0.2, 0.25) is 17.7 Å². The number of likely N-dealkylation sites (tertiary alicyclic amines) is 1. The van der Waals surface area contributed by atoms with Gasteiger partial charge in [-0.05, 0) is 37.3 Å². The largest absolute Gasteiger partial charge is 0.460 e. The van der Waals surface area contributed by atoms with Crippen molar-refractivity contribution in [2.45, 2.75) is 13.3 Å². The number of furan rings is 1. The van der Waals surface area contributed by atoms with E-state index >= 15 is 0 Å². The van der Waals surface area contributed by atoms with Gasteiger partial charge in [0, 0.05) is 5.38 Å². The quantitative estimate of drug-likeness (QED) is 0.647. The van der Waals surface area contributed by atoms with Crippen molar-refractivity contribution in [1.29, 1.82) is 0 Å². The van der Waals surface area contributed by atoms with Crippen LogP contribution >= 0.6 is 11.3 Å². The Morgan fingerprint density at radius 2 is 1.96 bits per heavy atom. The predicted octanol–water partition coefficient (Wildman–Crippen LogP) is 2.46. The highest BCUT2D eigenvalue weighted by Crippen LogP contribution is 2.52. The number of hydrogen-bond donors (Lipinski definition) is 1. The van der Waals surface area contributed by atoms with E-state index in [-0.39, 0.29) is 42.0 Å². The van der Waals surface area contributed by atoms with Crippen LogP contribution in [0.1, 0.15) is 12.2 Å². The number of fused-ring (bicyclic) bond motifs is 5. The molecule has 2 aliphatic carbocycles. The average molecular weight is 383 g/mol. The fourth-order valence-electron chi connectivity index (χ4n) is 4.44. The minimum Gasteiger partial charge on any atom is -0.460 e. The van der Waals surface area contributed by atoms with Crippen LogP contribution in [0.2, 0.25) is 0 Å². The summed E-state index contributed by atoms with van der Waals surface area (Å²) in [5.41, 5.74) is 0.633. The van der Waals surface area contributed by atoms with Crippen LogP contribution in [0.15, 0.2) is 34.1 Å². The second-order valence-corrected chi connectivity index (χ2v) is 8.12. The summed E-state index contributed by atoms with van der Waals surface area (Å²) >= 11 is 1.27. The Kier molecular flexibility index (Phi) is 3.58. The average Bonchev–Trinajstić information content (AvgIpc) is 3.42. The Morgan fingerprint density at radius 1 is 1.26 bits per heavy atom. The zero-order valence-corrected chi connectivity index (χ0v) is 15.4. The van der Waals surface area contributed by atoms with Gasteiger partial charge in [0.1, 0.15) is 18.0 Å². The van der Waals surface area contributed by atoms with Crippen molar-refractivity contribution in [3.8, 4) is 11.5 Å². The number of anilines is 1. The van der Waals surface area contributed by atoms with Crippen molar-refractivity contribution in [3.05, 3.63) is 35.4 Å². The summed E-state index contributed by atoms with van der Waals surface area (Å²) in [7, 11) is 0. The molecule has 3 aliphatic rings. The lowest BCUT2D eigenvalue weighted by atomic mass is 9.85. The number of allylic oxidation sites excluding steroid dienone is 2. The Labute approximate surface area is 159 Å². The Hall–Kier alpha value is -2.74. The summed E-state index contributed by atoms with van der Waals surface area (Å²) in [6, 6.07) is 3.66. The zero-order valence-electron chi connectivity index (χ0n) is 14.5. The fraction of sp³-hybridized carbons (Fsp3) is 0.368. The molecular formula is C19H17N3O4S. The number of nitrogens with zero attached hydrogens (tertiary/aromatic N) is 2. The Morgan fingerprint density at radius 3 is 2.59 bits per heavy atom. The minimum absolute atomic E-state index is 0.141. The third-order valence-corrected chi connectivity index (χ3v) is 6.36. The molecule has 5 rings (SSSR count). The smallest absolute Gasteiger partial charge is 0.246 e. The first-order valence-electron chi connectivity index (χ1n) is 8.87. The van der Waals surface area contributed by atoms with E-state index in [1.807, 2.05) is 31.2 Å². The number of imide groups is 1. The lowest BCUT2D eigenvalue weighted by Crippen LogP contribution is -2.39. The van der Waals surface area contributed by atoms with Crippen molar-refractivity contribution in [1.82, 2.24) is 9.88 Å². The molecule has 0 radical (unpaired) electrons. The first-order valence-corrected chi connectivity index (χ1v) is 9.75. The van der Waals surface area contributed by atoms with Crippen LogP contribution in [0.3, 0.4) is 0 Å². The molecule has 3 amide bonds. The fourth-order valence-corrected chi connectivity index (χ4v) is 5.15. The number of hydrogen-bond acceptors (Lipinski definition) is 6. The van der Waals surface area contributed by atoms with Crippen molar-refractivity contribution >= 4 is 34.2 Å². The molecule has 8 heteroatoms. The van der Waals surface area contributed by atoms with Gasteiger partial charge in [-0.2, -0.15) is 0 Å². The monoisotopic (exact) mass is 383 g/mol. The Balaban J connectivity index is 1.26. The predicted molar refractivity (Wildman–Crippen MR) is 97.6 cm³/mol. The van der Waals surface area contributed by atoms with Crippen molar-refractivity contribution in [2.24, 2.45) is 23.7 Å². The number of rotatable bonds is 4. The summed E-state index contributed by atoms with van der Waals surface area (Å²) in [5.74, 6) is 0.265. The van der Waals surface area contributed by atoms with Crippen molar-refractivity contribution < 1.29 is 18.8 Å². The molecule has 138 valence electrons. The van der Waals surface area contributed by atoms with Gasteiger partial charge >= 0.3 is 0 Å². The van der Waals surface area contributed by atoms with Gasteiger partial charge in [-0.1, -0.05) is 12.2 Å². The van der Waals surface area contributed by atoms with E-state index in [0.717, 1.165) is 17.1 Å². The molecule has 3 heterocycles. The first kappa shape index (κ1) is 16.4. The van der Waals surface area contributed by atoms with E-state index in [9.17, 15) is 14.4 Å². The molecule has 2 fully saturated rings. The van der Waals surface area contributed by atoms with E-state index in [2.05, 4.69) is 10.3 Å². The highest BCUT2D eigenvalue weighted by Gasteiger charge is 2.59. The molecule has 2 aromatic rings. The van der Waals surface area contributed by atoms with E-state index in [1.165, 1.54) is 11.3 Å². The van der Waals surface area contributed by atoms with Crippen molar-refractivity contribution in [3.63, 3.8) is 0 Å². The van der Waals surface area contributed by atoms with Gasteiger partial charge in [0.25, 0.3) is 0 Å². The summed E-state index contributed by atoms with van der Waals surface area (Å²) in [5, 5.41) is 4.87. The van der Waals surface area contributed by atoms with Gasteiger partial charge in [0.05, 0.1) is 11.8 Å². The number of amides is 3. The standard InChI is InChI=1S/C19H17N3O4S/c1-9-2-5-13(26-9)12-8-27-19(20-12)21-14(23)7-22-17(24)15-10-3-4-11(6-10)16(15)18(22)25/h2-5,8,10-11,15-16H,6-7H2,1H3,(H,20,21,23)/t10-,11-,15-,16-/m0/s1. The summed E-state index contributed by atoms with van der Waals surface area (Å²) < 4.78 is 5.52. The van der Waals surface area contributed by atoms with Crippen LogP contribution in [0, 0.1) is 30.6 Å². The second kappa shape index (κ2) is 5.88. The van der Waals surface area contributed by atoms with Crippen LogP contribution in [-0.4, -0.2) is 34.2 Å². The maximum Gasteiger partial charge on any atom is 0.246 e. The SMILES string of the molecule is Cc1ccc(-c2csc(NC(=O)CN3C(=O)[C@@H]4[C@@H](C3=O)[C@H]3C=C[C@H]4C3)n2)o1. The van der Waals surface area contributed by atoms with E-state index in [1.54, 1.807) is 5.38 Å². The number of thiazole rings is 1. The second-order valence-electron chi connectivity index (χ2n) is 7.26. The topological polar surface area (TPSA) is 92.5 Å². The molecule has 0 aromatic carbocycles. The van der Waals surface area contributed by atoms with Crippen LogP contribution in [0.5, 0.6) is 0 Å². The van der Waals surface area contributed by atoms with E-state index in [0.29, 0.717) is 16.6 Å². The van der Waals surface area contributed by atoms with Gasteiger partial charge in [-0.3, -0.25) is 19.3 Å². The van der Waals surface area contributed by atoms with Crippen molar-refractivity contribution in [2.75, 3.05) is 11.9 Å². The zero-order chi connectivity index (χ0) is 18.7. The van der Waals surface area contributed by atoms with Crippen LogP contribution < -0.4 is 5.32 Å². The molecule has 1 N–H and O–H groups in total. The molecule has 2 bridgehead atoms. The minimum atomic E-state index is -0.423. The molecule has 1 aliphatic heterocycles. The Bertz CT molecular complexity index is 961. The van der Waals surface area contributed by atoms with E-state index in [4.69, 9.17) is 4.42 Å². The summed E-state index contributed by atoms with van der Waals surface area (Å²) in [6.07, 6.45) is 4.95. The molecule has 1 saturated carbocycles. The number of aryl methyl sites for hydroxylation is 1. The van der Waals surface area contributed by atoms with Crippen LogP contribution in [0.25, 0.3) is 11.5 Å². The lowest BCUT2D eigenvalue weighted by molar-refractivity contribution is -0.143. The summed E-state index contributed by atoms with van der Waals surface area (Å²) in [4.78, 5) is 43.1. The molecule has 1 saturated heterocycles. The first-order chi connectivity index (χ1) is 13.0. The molecule has 4 atom stereocenters. The summed E-state index contributed by atoms with van der Waals surface area (Å²) in [6.45, 7) is 1.58. The van der Waals surface area contributed by atoms with Gasteiger partial charge in [-0.15, -0.1) is 11.3 Å². The van der Waals surface area contributed by atoms with Crippen LogP contribution in [0.4, 0.5) is 5.13 Å². The lowest BCUT2D eigenvalue weighted by Gasteiger charge is -2.16. The maximum absolute atomic E-state index is 12.6.